The molecule has 16 nitrogen and oxygen atoms in total. The van der Waals surface area contributed by atoms with E-state index in [0.717, 1.165) is 0 Å². The Balaban J connectivity index is 0.00000216. The van der Waals surface area contributed by atoms with E-state index in [1.807, 2.05) is 0 Å². The van der Waals surface area contributed by atoms with Gasteiger partial charge in [-0.2, -0.15) is 0 Å². The minimum atomic E-state index is -4.81. The van der Waals surface area contributed by atoms with Gasteiger partial charge in [-0.05, 0) is 119 Å². The summed E-state index contributed by atoms with van der Waals surface area (Å²) in [5.74, 6) is 0. The zero-order valence-electron chi connectivity index (χ0n) is 36.3. The quantitative estimate of drug-likeness (QED) is 0.107. The molecule has 0 fully saturated rings. The normalized spacial score (nSPS) is 12.3. The Morgan fingerprint density at radius 1 is 0.294 bits per heavy atom. The first kappa shape index (κ1) is 56.0. The first-order valence-corrected chi connectivity index (χ1v) is 24.3. The van der Waals surface area contributed by atoms with E-state index >= 15 is 0 Å². The van der Waals surface area contributed by atoms with E-state index in [1.54, 1.807) is 48.6 Å². The molecule has 2 N–H and O–H groups in total. The zero-order valence-corrected chi connectivity index (χ0v) is 47.5. The van der Waals surface area contributed by atoms with Gasteiger partial charge in [-0.3, -0.25) is 0 Å². The van der Waals surface area contributed by atoms with E-state index in [2.05, 4.69) is 9.97 Å². The summed E-state index contributed by atoms with van der Waals surface area (Å²) in [4.78, 5) is 15.0. The Kier molecular flexibility index (Phi) is 17.7. The van der Waals surface area contributed by atoms with Crippen LogP contribution in [0, 0.1) is 0 Å². The SMILES string of the molecule is O=S(=O)([O-])c1ccc(-c2c3nc(c(-c4ccc(S(=O)(=O)[O-])cc4)c4ccc([nH]4)c(-c4ccc(S(=O)(=O)[O-])cc4)c4nc(c(-c5ccc(S(=O)(=O)[O-])cc5)c5ccc2[nH]5)C=C4)C=C3)cc1.[Na+].[Na+].[Na+].[Na+]. The van der Waals surface area contributed by atoms with Gasteiger partial charge < -0.3 is 28.2 Å². The molecule has 7 aromatic rings. The number of hydrogen-bond donors (Lipinski definition) is 2. The monoisotopic (exact) mass is 1020 g/mol. The largest absolute Gasteiger partial charge is 1.00 e. The number of nitrogens with zero attached hydrogens (tertiary/aromatic N) is 2. The van der Waals surface area contributed by atoms with Crippen LogP contribution in [0.4, 0.5) is 0 Å². The second kappa shape index (κ2) is 21.5. The van der Waals surface area contributed by atoms with Gasteiger partial charge in [0.25, 0.3) is 0 Å². The van der Waals surface area contributed by atoms with Crippen molar-refractivity contribution in [1.29, 1.82) is 0 Å². The molecule has 0 aliphatic carbocycles. The van der Waals surface area contributed by atoms with Gasteiger partial charge in [-0.15, -0.1) is 0 Å². The molecule has 8 bridgehead atoms. The topological polar surface area (TPSA) is 286 Å². The molecule has 0 radical (unpaired) electrons. The maximum absolute atomic E-state index is 11.9. The number of nitrogens with one attached hydrogen (secondary N) is 2. The summed E-state index contributed by atoms with van der Waals surface area (Å²) >= 11 is 0. The fraction of sp³-hybridized carbons (Fsp3) is 0. The molecule has 24 heteroatoms. The fourth-order valence-electron chi connectivity index (χ4n) is 7.57. The Hall–Kier alpha value is -2.88. The van der Waals surface area contributed by atoms with Gasteiger partial charge in [-0.25, -0.2) is 43.6 Å². The number of hydrogen-bond acceptors (Lipinski definition) is 14. The number of aromatic amines is 2. The van der Waals surface area contributed by atoms with Gasteiger partial charge in [0, 0.05) is 44.3 Å². The molecule has 5 heterocycles. The smallest absolute Gasteiger partial charge is 0.744 e. The fourth-order valence-corrected chi connectivity index (χ4v) is 9.45. The van der Waals surface area contributed by atoms with Crippen LogP contribution in [0.5, 0.6) is 0 Å². The van der Waals surface area contributed by atoms with Crippen molar-refractivity contribution in [2.24, 2.45) is 0 Å². The van der Waals surface area contributed by atoms with E-state index in [0.29, 0.717) is 89.4 Å². The number of fused-ring (bicyclic) bond motifs is 8. The molecule has 322 valence electrons. The minimum absolute atomic E-state index is 0. The molecular formula is C44H26N4Na4O12S4. The maximum atomic E-state index is 11.9. The van der Waals surface area contributed by atoms with Crippen molar-refractivity contribution in [3.05, 3.63) is 144 Å². The standard InChI is InChI=1S/C44H30N4O12S4.4Na/c49-61(50,51)29-9-1-25(2-10-29)41-33-17-19-35(45-33)42(26-3-11-30(12-4-26)62(52,53)54)37-21-23-39(47-37)44(28-7-15-32(16-8-28)64(58,59)60)40-24-22-38(48-40)43(36-20-18-34(41)46-36)27-5-13-31(14-6-27)63(55,56)57;;;;/h1-24,45,48H,(H,49,50,51)(H,52,53,54)(H,55,56,57)(H,58,59,60);;;;/q;4*+1/p-4. The Labute approximate surface area is 478 Å². The molecule has 0 spiro atoms. The molecule has 9 rings (SSSR count). The van der Waals surface area contributed by atoms with Crippen LogP contribution < -0.4 is 118 Å². The maximum Gasteiger partial charge on any atom is 1.00 e. The molecule has 0 saturated carbocycles. The third-order valence-corrected chi connectivity index (χ3v) is 13.9. The second-order valence-corrected chi connectivity index (χ2v) is 19.9. The van der Waals surface area contributed by atoms with E-state index in [4.69, 9.17) is 9.97 Å². The van der Waals surface area contributed by atoms with Gasteiger partial charge >= 0.3 is 118 Å². The molecule has 0 saturated heterocycles. The van der Waals surface area contributed by atoms with Crippen molar-refractivity contribution in [3.8, 4) is 44.5 Å². The molecule has 2 aliphatic rings. The first-order chi connectivity index (χ1) is 30.2. The van der Waals surface area contributed by atoms with Crippen LogP contribution in [-0.2, 0) is 40.5 Å². The summed E-state index contributed by atoms with van der Waals surface area (Å²) in [7, 11) is -19.2. The minimum Gasteiger partial charge on any atom is -0.744 e. The molecule has 0 atom stereocenters. The molecule has 68 heavy (non-hydrogen) atoms. The van der Waals surface area contributed by atoms with Crippen molar-refractivity contribution < 1.29 is 170 Å². The van der Waals surface area contributed by atoms with Gasteiger partial charge in [0.2, 0.25) is 0 Å². The van der Waals surface area contributed by atoms with Crippen LogP contribution in [0.15, 0.2) is 141 Å². The number of benzene rings is 4. The van der Waals surface area contributed by atoms with Crippen molar-refractivity contribution in [2.75, 3.05) is 0 Å². The molecule has 4 aromatic carbocycles. The van der Waals surface area contributed by atoms with Crippen LogP contribution >= 0.6 is 0 Å². The number of H-pyrrole nitrogens is 2. The van der Waals surface area contributed by atoms with Crippen molar-refractivity contribution in [3.63, 3.8) is 0 Å². The summed E-state index contributed by atoms with van der Waals surface area (Å²) in [6.45, 7) is 0. The molecule has 3 aromatic heterocycles. The van der Waals surface area contributed by atoms with Crippen molar-refractivity contribution in [2.45, 2.75) is 19.6 Å². The Morgan fingerprint density at radius 3 is 0.632 bits per heavy atom. The summed E-state index contributed by atoms with van der Waals surface area (Å²) in [6, 6.07) is 27.8. The summed E-state index contributed by atoms with van der Waals surface area (Å²) < 4.78 is 143. The van der Waals surface area contributed by atoms with Crippen LogP contribution in [0.3, 0.4) is 0 Å². The Morgan fingerprint density at radius 2 is 0.471 bits per heavy atom. The van der Waals surface area contributed by atoms with E-state index in [-0.39, 0.29) is 118 Å². The summed E-state index contributed by atoms with van der Waals surface area (Å²) in [6.07, 6.45) is 6.79. The van der Waals surface area contributed by atoms with Gasteiger partial charge in [0.15, 0.2) is 0 Å². The average molecular weight is 1020 g/mol. The van der Waals surface area contributed by atoms with Gasteiger partial charge in [-0.1, -0.05) is 48.5 Å². The summed E-state index contributed by atoms with van der Waals surface area (Å²) in [5, 5.41) is 0. The predicted octanol–water partition coefficient (Wildman–Crippen LogP) is -5.04. The summed E-state index contributed by atoms with van der Waals surface area (Å²) in [5.41, 5.74) is 6.76. The third kappa shape index (κ3) is 11.6. The molecular weight excluding hydrogens is 997 g/mol. The van der Waals surface area contributed by atoms with Crippen molar-refractivity contribution in [1.82, 2.24) is 19.9 Å². The second-order valence-electron chi connectivity index (χ2n) is 14.4. The Bertz CT molecular complexity index is 3320. The van der Waals surface area contributed by atoms with Crippen LogP contribution in [0.2, 0.25) is 0 Å². The molecule has 0 amide bonds. The number of aromatic nitrogens is 4. The predicted molar refractivity (Wildman–Crippen MR) is 232 cm³/mol. The van der Waals surface area contributed by atoms with Crippen molar-refractivity contribution >= 4 is 86.8 Å². The molecule has 2 aliphatic heterocycles. The van der Waals surface area contributed by atoms with E-state index in [1.165, 1.54) is 97.1 Å². The first-order valence-electron chi connectivity index (χ1n) is 18.6. The third-order valence-electron chi connectivity index (χ3n) is 10.5. The van der Waals surface area contributed by atoms with Crippen LogP contribution in [0.25, 0.3) is 90.9 Å². The van der Waals surface area contributed by atoms with Crippen LogP contribution in [0.1, 0.15) is 22.8 Å². The van der Waals surface area contributed by atoms with Gasteiger partial charge in [0.1, 0.15) is 40.5 Å². The van der Waals surface area contributed by atoms with E-state index < -0.39 is 60.1 Å². The average Bonchev–Trinajstić information content (AvgIpc) is 4.08. The van der Waals surface area contributed by atoms with Crippen LogP contribution in [-0.4, -0.2) is 71.8 Å². The molecule has 0 unspecified atom stereocenters. The zero-order chi connectivity index (χ0) is 45.3. The number of rotatable bonds is 8. The van der Waals surface area contributed by atoms with Gasteiger partial charge in [0.05, 0.1) is 42.4 Å². The van der Waals surface area contributed by atoms with E-state index in [9.17, 15) is 51.9 Å².